The van der Waals surface area contributed by atoms with E-state index in [1.54, 1.807) is 11.0 Å². The van der Waals surface area contributed by atoms with Crippen LogP contribution in [0.25, 0.3) is 11.1 Å². The number of nitrogens with one attached hydrogen (secondary N) is 1. The molecule has 166 valence electrons. The first-order valence-corrected chi connectivity index (χ1v) is 10.8. The van der Waals surface area contributed by atoms with Crippen molar-refractivity contribution in [2.24, 2.45) is 0 Å². The van der Waals surface area contributed by atoms with Crippen molar-refractivity contribution in [1.82, 2.24) is 10.2 Å². The van der Waals surface area contributed by atoms with Crippen molar-refractivity contribution >= 4 is 18.0 Å². The van der Waals surface area contributed by atoms with E-state index in [0.717, 1.165) is 22.3 Å². The Morgan fingerprint density at radius 3 is 2.25 bits per heavy atom. The molecule has 7 nitrogen and oxygen atoms in total. The molecule has 0 bridgehead atoms. The maximum atomic E-state index is 12.8. The normalized spacial score (nSPS) is 15.9. The van der Waals surface area contributed by atoms with Crippen LogP contribution < -0.4 is 5.32 Å². The highest BCUT2D eigenvalue weighted by molar-refractivity contribution is 5.89. The van der Waals surface area contributed by atoms with Gasteiger partial charge in [0, 0.05) is 24.6 Å². The number of hydrogen-bond donors (Lipinski definition) is 2. The summed E-state index contributed by atoms with van der Waals surface area (Å²) in [6.45, 7) is 2.54. The fourth-order valence-electron chi connectivity index (χ4n) is 4.40. The van der Waals surface area contributed by atoms with E-state index in [4.69, 9.17) is 9.84 Å². The number of hydrogen-bond acceptors (Lipinski definition) is 4. The number of carboxylic acid groups (broad SMARTS) is 1. The maximum Gasteiger partial charge on any atom is 0.407 e. The highest BCUT2D eigenvalue weighted by Crippen LogP contribution is 2.44. The highest BCUT2D eigenvalue weighted by atomic mass is 16.5. The second-order valence-electron chi connectivity index (χ2n) is 8.00. The molecule has 2 N–H and O–H groups in total. The minimum Gasteiger partial charge on any atom is -0.478 e. The van der Waals surface area contributed by atoms with E-state index in [0.29, 0.717) is 25.0 Å². The van der Waals surface area contributed by atoms with Gasteiger partial charge in [-0.25, -0.2) is 9.59 Å². The first-order chi connectivity index (χ1) is 15.5. The van der Waals surface area contributed by atoms with Crippen molar-refractivity contribution in [1.29, 1.82) is 0 Å². The van der Waals surface area contributed by atoms with Crippen molar-refractivity contribution in [3.8, 4) is 11.1 Å². The number of benzene rings is 2. The lowest BCUT2D eigenvalue weighted by Gasteiger charge is -2.29. The molecule has 0 radical (unpaired) electrons. The Kier molecular flexibility index (Phi) is 6.25. The van der Waals surface area contributed by atoms with Gasteiger partial charge in [0.15, 0.2) is 0 Å². The van der Waals surface area contributed by atoms with E-state index in [9.17, 15) is 14.4 Å². The molecule has 0 aromatic heterocycles. The third kappa shape index (κ3) is 4.23. The van der Waals surface area contributed by atoms with Crippen LogP contribution in [-0.2, 0) is 14.3 Å². The van der Waals surface area contributed by atoms with Gasteiger partial charge in [-0.3, -0.25) is 4.79 Å². The lowest BCUT2D eigenvalue weighted by molar-refractivity contribution is -0.135. The zero-order chi connectivity index (χ0) is 22.7. The number of nitrogens with zero attached hydrogens (tertiary/aromatic N) is 1. The van der Waals surface area contributed by atoms with Crippen molar-refractivity contribution < 1.29 is 24.2 Å². The Morgan fingerprint density at radius 2 is 1.72 bits per heavy atom. The molecule has 1 atom stereocenters. The molecule has 0 spiro atoms. The van der Waals surface area contributed by atoms with Crippen LogP contribution in [0.2, 0.25) is 0 Å². The number of rotatable bonds is 6. The Hall–Kier alpha value is -3.61. The molecule has 2 aromatic carbocycles. The molecule has 2 aromatic rings. The Balaban J connectivity index is 1.37. The Bertz CT molecular complexity index is 1030. The first-order valence-electron chi connectivity index (χ1n) is 10.8. The number of carbonyl (C=O) groups excluding carboxylic acids is 2. The SMILES string of the molecule is CC[C@H](NC(=O)OCC1c2ccccc2-c2ccccc21)C(=O)N1CC=C(C(=O)O)CC1. The van der Waals surface area contributed by atoms with Crippen LogP contribution in [0, 0.1) is 0 Å². The molecule has 0 fully saturated rings. The predicted molar refractivity (Wildman–Crippen MR) is 119 cm³/mol. The quantitative estimate of drug-likeness (QED) is 0.725. The molecule has 1 aliphatic carbocycles. The van der Waals surface area contributed by atoms with Gasteiger partial charge in [-0.05, 0) is 35.1 Å². The number of amides is 2. The van der Waals surface area contributed by atoms with E-state index >= 15 is 0 Å². The largest absolute Gasteiger partial charge is 0.478 e. The number of carbonyl (C=O) groups is 3. The number of carboxylic acids is 1. The third-order valence-electron chi connectivity index (χ3n) is 6.14. The molecule has 1 heterocycles. The van der Waals surface area contributed by atoms with Crippen LogP contribution in [0.15, 0.2) is 60.2 Å². The van der Waals surface area contributed by atoms with Crippen molar-refractivity contribution in [2.45, 2.75) is 31.7 Å². The van der Waals surface area contributed by atoms with Gasteiger partial charge in [-0.15, -0.1) is 0 Å². The summed E-state index contributed by atoms with van der Waals surface area (Å²) in [4.78, 5) is 38.0. The van der Waals surface area contributed by atoms with Crippen LogP contribution >= 0.6 is 0 Å². The van der Waals surface area contributed by atoms with Crippen LogP contribution in [0.3, 0.4) is 0 Å². The van der Waals surface area contributed by atoms with Gasteiger partial charge in [0.05, 0.1) is 0 Å². The average molecular weight is 434 g/mol. The van der Waals surface area contributed by atoms with Gasteiger partial charge < -0.3 is 20.1 Å². The third-order valence-corrected chi connectivity index (χ3v) is 6.14. The summed E-state index contributed by atoms with van der Waals surface area (Å²) >= 11 is 0. The second kappa shape index (κ2) is 9.26. The van der Waals surface area contributed by atoms with Gasteiger partial charge in [-0.1, -0.05) is 61.5 Å². The minimum atomic E-state index is -0.957. The summed E-state index contributed by atoms with van der Waals surface area (Å²) in [7, 11) is 0. The molecule has 0 unspecified atom stereocenters. The van der Waals surface area contributed by atoms with Crippen molar-refractivity contribution in [2.75, 3.05) is 19.7 Å². The van der Waals surface area contributed by atoms with E-state index in [-0.39, 0.29) is 25.0 Å². The summed E-state index contributed by atoms with van der Waals surface area (Å²) in [5.74, 6) is -1.24. The fraction of sp³-hybridized carbons (Fsp3) is 0.320. The van der Waals surface area contributed by atoms with Gasteiger partial charge in [-0.2, -0.15) is 0 Å². The second-order valence-corrected chi connectivity index (χ2v) is 8.00. The Morgan fingerprint density at radius 1 is 1.09 bits per heavy atom. The van der Waals surface area contributed by atoms with Gasteiger partial charge >= 0.3 is 12.1 Å². The maximum absolute atomic E-state index is 12.8. The predicted octanol–water partition coefficient (Wildman–Crippen LogP) is 3.55. The van der Waals surface area contributed by atoms with Crippen LogP contribution in [0.1, 0.15) is 36.8 Å². The van der Waals surface area contributed by atoms with Gasteiger partial charge in [0.2, 0.25) is 5.91 Å². The van der Waals surface area contributed by atoms with E-state index in [2.05, 4.69) is 29.6 Å². The Labute approximate surface area is 186 Å². The molecule has 2 amide bonds. The monoisotopic (exact) mass is 434 g/mol. The van der Waals surface area contributed by atoms with Crippen LogP contribution in [0.4, 0.5) is 4.79 Å². The van der Waals surface area contributed by atoms with E-state index in [1.807, 2.05) is 31.2 Å². The fourth-order valence-corrected chi connectivity index (χ4v) is 4.40. The van der Waals surface area contributed by atoms with Crippen LogP contribution in [0.5, 0.6) is 0 Å². The molecule has 4 rings (SSSR count). The molecule has 0 saturated heterocycles. The van der Waals surface area contributed by atoms with Crippen molar-refractivity contribution in [3.05, 3.63) is 71.3 Å². The summed E-state index contributed by atoms with van der Waals surface area (Å²) in [5.41, 5.74) is 4.86. The minimum absolute atomic E-state index is 0.0504. The number of aliphatic carboxylic acids is 1. The highest BCUT2D eigenvalue weighted by Gasteiger charge is 2.30. The topological polar surface area (TPSA) is 95.9 Å². The average Bonchev–Trinajstić information content (AvgIpc) is 3.14. The first kappa shape index (κ1) is 21.6. The summed E-state index contributed by atoms with van der Waals surface area (Å²) in [5, 5.41) is 11.7. The number of alkyl carbamates (subject to hydrolysis) is 1. The standard InChI is InChI=1S/C25H26N2O5/c1-2-22(23(28)27-13-11-16(12-14-27)24(29)30)26-25(31)32-15-21-19-9-5-3-7-17(19)18-8-4-6-10-20(18)21/h3-11,21-22H,2,12-15H2,1H3,(H,26,31)(H,29,30)/t22-/m0/s1. The van der Waals surface area contributed by atoms with Gasteiger partial charge in [0.1, 0.15) is 12.6 Å². The molecule has 7 heteroatoms. The van der Waals surface area contributed by atoms with E-state index < -0.39 is 18.1 Å². The molecule has 32 heavy (non-hydrogen) atoms. The zero-order valence-electron chi connectivity index (χ0n) is 17.9. The summed E-state index contributed by atoms with van der Waals surface area (Å²) in [6, 6.07) is 15.5. The molecule has 2 aliphatic rings. The molecular formula is C25H26N2O5. The summed E-state index contributed by atoms with van der Waals surface area (Å²) in [6.07, 6.45) is 1.62. The molecule has 1 aliphatic heterocycles. The lowest BCUT2D eigenvalue weighted by Crippen LogP contribution is -2.49. The van der Waals surface area contributed by atoms with E-state index in [1.165, 1.54) is 0 Å². The van der Waals surface area contributed by atoms with Gasteiger partial charge in [0.25, 0.3) is 0 Å². The molecular weight excluding hydrogens is 408 g/mol. The summed E-state index contributed by atoms with van der Waals surface area (Å²) < 4.78 is 5.55. The lowest BCUT2D eigenvalue weighted by atomic mass is 9.98. The number of fused-ring (bicyclic) bond motifs is 3. The van der Waals surface area contributed by atoms with Crippen molar-refractivity contribution in [3.63, 3.8) is 0 Å². The zero-order valence-corrected chi connectivity index (χ0v) is 17.9. The molecule has 0 saturated carbocycles. The smallest absolute Gasteiger partial charge is 0.407 e. The number of ether oxygens (including phenoxy) is 1. The van der Waals surface area contributed by atoms with Crippen LogP contribution in [-0.4, -0.2) is 53.7 Å².